The predicted octanol–water partition coefficient (Wildman–Crippen LogP) is 1.30. The molecular weight excluding hydrogens is 240 g/mol. The highest BCUT2D eigenvalue weighted by Crippen LogP contribution is 2.22. The topological polar surface area (TPSA) is 59.5 Å². The molecule has 0 aliphatic rings. The van der Waals surface area contributed by atoms with Crippen molar-refractivity contribution < 1.29 is 10.2 Å². The summed E-state index contributed by atoms with van der Waals surface area (Å²) < 4.78 is 0. The lowest BCUT2D eigenvalue weighted by Gasteiger charge is -2.19. The van der Waals surface area contributed by atoms with E-state index in [2.05, 4.69) is 30.1 Å². The molecular formula is C15H22N2O2. The molecule has 0 radical (unpaired) electrons. The van der Waals surface area contributed by atoms with Crippen molar-refractivity contribution in [2.24, 2.45) is 0 Å². The second-order valence-electron chi connectivity index (χ2n) is 5.12. The van der Waals surface area contributed by atoms with Gasteiger partial charge in [-0.25, -0.2) is 0 Å². The SMILES string of the molecule is Cc1[nH]c2ccccc2c1CCN(C)CC(O)CO. The first kappa shape index (κ1) is 14.1. The van der Waals surface area contributed by atoms with Gasteiger partial charge in [-0.2, -0.15) is 0 Å². The molecule has 1 aromatic heterocycles. The first-order valence-corrected chi connectivity index (χ1v) is 6.65. The van der Waals surface area contributed by atoms with Gasteiger partial charge in [0.25, 0.3) is 0 Å². The van der Waals surface area contributed by atoms with E-state index < -0.39 is 6.10 Å². The van der Waals surface area contributed by atoms with Gasteiger partial charge >= 0.3 is 0 Å². The summed E-state index contributed by atoms with van der Waals surface area (Å²) in [4.78, 5) is 5.44. The highest BCUT2D eigenvalue weighted by Gasteiger charge is 2.10. The number of benzene rings is 1. The van der Waals surface area contributed by atoms with Crippen molar-refractivity contribution in [3.8, 4) is 0 Å². The number of fused-ring (bicyclic) bond motifs is 1. The van der Waals surface area contributed by atoms with Crippen LogP contribution in [0.5, 0.6) is 0 Å². The molecule has 1 unspecified atom stereocenters. The van der Waals surface area contributed by atoms with Gasteiger partial charge in [0.05, 0.1) is 12.7 Å². The second kappa shape index (κ2) is 6.19. The van der Waals surface area contributed by atoms with Crippen LogP contribution in [0, 0.1) is 6.92 Å². The lowest BCUT2D eigenvalue weighted by molar-refractivity contribution is 0.0669. The number of H-pyrrole nitrogens is 1. The van der Waals surface area contributed by atoms with Gasteiger partial charge in [0.2, 0.25) is 0 Å². The van der Waals surface area contributed by atoms with E-state index in [9.17, 15) is 5.11 Å². The summed E-state index contributed by atoms with van der Waals surface area (Å²) in [6.45, 7) is 3.27. The Labute approximate surface area is 113 Å². The maximum absolute atomic E-state index is 9.41. The zero-order valence-electron chi connectivity index (χ0n) is 11.6. The highest BCUT2D eigenvalue weighted by molar-refractivity contribution is 5.84. The molecule has 0 aliphatic heterocycles. The summed E-state index contributed by atoms with van der Waals surface area (Å²) in [5, 5.41) is 19.5. The molecule has 1 atom stereocenters. The molecule has 0 amide bonds. The number of hydrogen-bond donors (Lipinski definition) is 3. The predicted molar refractivity (Wildman–Crippen MR) is 77.3 cm³/mol. The van der Waals surface area contributed by atoms with Gasteiger partial charge < -0.3 is 20.1 Å². The van der Waals surface area contributed by atoms with Crippen molar-refractivity contribution in [3.63, 3.8) is 0 Å². The molecule has 0 aliphatic carbocycles. The molecule has 2 rings (SSSR count). The van der Waals surface area contributed by atoms with Crippen LogP contribution in [-0.4, -0.2) is 52.9 Å². The van der Waals surface area contributed by atoms with Crippen molar-refractivity contribution in [1.82, 2.24) is 9.88 Å². The fourth-order valence-electron chi connectivity index (χ4n) is 2.47. The van der Waals surface area contributed by atoms with Gasteiger partial charge in [0.1, 0.15) is 0 Å². The van der Waals surface area contributed by atoms with Crippen molar-refractivity contribution in [1.29, 1.82) is 0 Å². The third kappa shape index (κ3) is 3.35. The molecule has 0 saturated heterocycles. The number of para-hydroxylation sites is 1. The minimum atomic E-state index is -0.658. The van der Waals surface area contributed by atoms with Crippen molar-refractivity contribution >= 4 is 10.9 Å². The van der Waals surface area contributed by atoms with Gasteiger partial charge in [0.15, 0.2) is 0 Å². The number of aromatic nitrogens is 1. The van der Waals surface area contributed by atoms with Gasteiger partial charge in [-0.15, -0.1) is 0 Å². The van der Waals surface area contributed by atoms with Gasteiger partial charge in [-0.3, -0.25) is 0 Å². The van der Waals surface area contributed by atoms with E-state index in [1.807, 2.05) is 18.0 Å². The molecule has 19 heavy (non-hydrogen) atoms. The molecule has 4 heteroatoms. The maximum atomic E-state index is 9.41. The lowest BCUT2D eigenvalue weighted by atomic mass is 10.1. The minimum Gasteiger partial charge on any atom is -0.394 e. The standard InChI is InChI=1S/C15H22N2O2/c1-11-13(7-8-17(2)9-12(19)10-18)14-5-3-4-6-15(14)16-11/h3-6,12,16,18-19H,7-10H2,1-2H3. The first-order valence-electron chi connectivity index (χ1n) is 6.65. The molecule has 0 spiro atoms. The number of nitrogens with one attached hydrogen (secondary N) is 1. The number of rotatable bonds is 6. The molecule has 0 saturated carbocycles. The number of nitrogens with zero attached hydrogens (tertiary/aromatic N) is 1. The third-order valence-electron chi connectivity index (χ3n) is 3.50. The number of likely N-dealkylation sites (N-methyl/N-ethyl adjacent to an activating group) is 1. The van der Waals surface area contributed by atoms with E-state index in [1.54, 1.807) is 0 Å². The third-order valence-corrected chi connectivity index (χ3v) is 3.50. The fourth-order valence-corrected chi connectivity index (χ4v) is 2.47. The van der Waals surface area contributed by atoms with Crippen molar-refractivity contribution in [2.75, 3.05) is 26.7 Å². The van der Waals surface area contributed by atoms with Crippen LogP contribution in [-0.2, 0) is 6.42 Å². The Morgan fingerprint density at radius 1 is 1.32 bits per heavy atom. The van der Waals surface area contributed by atoms with Crippen LogP contribution >= 0.6 is 0 Å². The van der Waals surface area contributed by atoms with E-state index in [1.165, 1.54) is 22.2 Å². The summed E-state index contributed by atoms with van der Waals surface area (Å²) in [7, 11) is 1.96. The smallest absolute Gasteiger partial charge is 0.0897 e. The second-order valence-corrected chi connectivity index (χ2v) is 5.12. The fraction of sp³-hybridized carbons (Fsp3) is 0.467. The molecule has 1 aromatic carbocycles. The van der Waals surface area contributed by atoms with Crippen LogP contribution in [0.4, 0.5) is 0 Å². The Hall–Kier alpha value is -1.36. The summed E-state index contributed by atoms with van der Waals surface area (Å²) in [6, 6.07) is 8.31. The van der Waals surface area contributed by atoms with Crippen LogP contribution in [0.3, 0.4) is 0 Å². The summed E-state index contributed by atoms with van der Waals surface area (Å²) in [6.07, 6.45) is 0.277. The Kier molecular flexibility index (Phi) is 4.58. The number of aryl methyl sites for hydroxylation is 1. The van der Waals surface area contributed by atoms with Crippen LogP contribution in [0.25, 0.3) is 10.9 Å². The Morgan fingerprint density at radius 3 is 2.79 bits per heavy atom. The van der Waals surface area contributed by atoms with E-state index in [4.69, 9.17) is 5.11 Å². The van der Waals surface area contributed by atoms with E-state index in [0.29, 0.717) is 6.54 Å². The molecule has 1 heterocycles. The molecule has 3 N–H and O–H groups in total. The van der Waals surface area contributed by atoms with Gasteiger partial charge in [-0.1, -0.05) is 18.2 Å². The van der Waals surface area contributed by atoms with Gasteiger partial charge in [0, 0.05) is 29.7 Å². The molecule has 0 fully saturated rings. The molecule has 104 valence electrons. The minimum absolute atomic E-state index is 0.184. The van der Waals surface area contributed by atoms with Crippen molar-refractivity contribution in [2.45, 2.75) is 19.4 Å². The molecule has 0 bridgehead atoms. The van der Waals surface area contributed by atoms with Crippen LogP contribution in [0.2, 0.25) is 0 Å². The molecule has 4 nitrogen and oxygen atoms in total. The average molecular weight is 262 g/mol. The van der Waals surface area contributed by atoms with E-state index >= 15 is 0 Å². The zero-order chi connectivity index (χ0) is 13.8. The molecule has 2 aromatic rings. The quantitative estimate of drug-likeness (QED) is 0.735. The van der Waals surface area contributed by atoms with Gasteiger partial charge in [-0.05, 0) is 32.0 Å². The monoisotopic (exact) mass is 262 g/mol. The van der Waals surface area contributed by atoms with Crippen molar-refractivity contribution in [3.05, 3.63) is 35.5 Å². The summed E-state index contributed by atoms with van der Waals surface area (Å²) >= 11 is 0. The number of aliphatic hydroxyl groups is 2. The largest absolute Gasteiger partial charge is 0.394 e. The average Bonchev–Trinajstić information content (AvgIpc) is 2.71. The number of aromatic amines is 1. The van der Waals surface area contributed by atoms with E-state index in [0.717, 1.165) is 13.0 Å². The first-order chi connectivity index (χ1) is 9.11. The van der Waals surface area contributed by atoms with Crippen LogP contribution < -0.4 is 0 Å². The Balaban J connectivity index is 2.03. The Bertz CT molecular complexity index is 536. The highest BCUT2D eigenvalue weighted by atomic mass is 16.3. The Morgan fingerprint density at radius 2 is 2.05 bits per heavy atom. The number of aliphatic hydroxyl groups excluding tert-OH is 2. The number of hydrogen-bond acceptors (Lipinski definition) is 3. The summed E-state index contributed by atoms with van der Waals surface area (Å²) in [5.41, 5.74) is 3.71. The lowest BCUT2D eigenvalue weighted by Crippen LogP contribution is -2.32. The van der Waals surface area contributed by atoms with Crippen LogP contribution in [0.15, 0.2) is 24.3 Å². The van der Waals surface area contributed by atoms with Crippen LogP contribution in [0.1, 0.15) is 11.3 Å². The summed E-state index contributed by atoms with van der Waals surface area (Å²) in [5.74, 6) is 0. The normalized spacial score (nSPS) is 13.3. The van der Waals surface area contributed by atoms with E-state index in [-0.39, 0.29) is 6.61 Å². The maximum Gasteiger partial charge on any atom is 0.0897 e. The zero-order valence-corrected chi connectivity index (χ0v) is 11.6.